The number of nitrogens with one attached hydrogen (secondary N) is 1. The Hall–Kier alpha value is -2.64. The first-order chi connectivity index (χ1) is 9.70. The van der Waals surface area contributed by atoms with Gasteiger partial charge in [-0.25, -0.2) is 0 Å². The average Bonchev–Trinajstić information content (AvgIpc) is 2.48. The van der Waals surface area contributed by atoms with Crippen LogP contribution in [0.5, 0.6) is 0 Å². The third-order valence-corrected chi connectivity index (χ3v) is 2.71. The Kier molecular flexibility index (Phi) is 4.48. The van der Waals surface area contributed by atoms with Gasteiger partial charge in [-0.2, -0.15) is 0 Å². The molecule has 1 heterocycles. The summed E-state index contributed by atoms with van der Waals surface area (Å²) in [6.45, 7) is 2.14. The van der Waals surface area contributed by atoms with Gasteiger partial charge in [-0.15, -0.1) is 0 Å². The Bertz CT molecular complexity index is 683. The smallest absolute Gasteiger partial charge is 0.255 e. The molecule has 2 aromatic rings. The first kappa shape index (κ1) is 13.8. The molecule has 0 aliphatic carbocycles. The molecule has 2 rings (SSSR count). The van der Waals surface area contributed by atoms with Crippen molar-refractivity contribution in [3.63, 3.8) is 0 Å². The van der Waals surface area contributed by atoms with Crippen molar-refractivity contribution in [2.24, 2.45) is 5.73 Å². The van der Waals surface area contributed by atoms with Gasteiger partial charge in [0.05, 0.1) is 17.9 Å². The van der Waals surface area contributed by atoms with Crippen LogP contribution in [0.4, 0.5) is 5.69 Å². The topological polar surface area (TPSA) is 68.0 Å². The van der Waals surface area contributed by atoms with Crippen LogP contribution in [0, 0.1) is 18.8 Å². The summed E-state index contributed by atoms with van der Waals surface area (Å²) in [5.74, 6) is 5.49. The molecule has 100 valence electrons. The molecule has 0 saturated heterocycles. The van der Waals surface area contributed by atoms with E-state index < -0.39 is 0 Å². The number of hydrogen-bond acceptors (Lipinski definition) is 3. The maximum Gasteiger partial charge on any atom is 0.255 e. The first-order valence-corrected chi connectivity index (χ1v) is 6.22. The Morgan fingerprint density at radius 2 is 2.20 bits per heavy atom. The molecule has 20 heavy (non-hydrogen) atoms. The van der Waals surface area contributed by atoms with E-state index in [-0.39, 0.29) is 5.91 Å². The van der Waals surface area contributed by atoms with E-state index in [4.69, 9.17) is 5.73 Å². The molecule has 0 unspecified atom stereocenters. The fourth-order valence-corrected chi connectivity index (χ4v) is 1.70. The van der Waals surface area contributed by atoms with Gasteiger partial charge < -0.3 is 11.1 Å². The third-order valence-electron chi connectivity index (χ3n) is 2.71. The number of rotatable bonds is 2. The van der Waals surface area contributed by atoms with Crippen LogP contribution < -0.4 is 11.1 Å². The molecule has 0 atom stereocenters. The van der Waals surface area contributed by atoms with Crippen LogP contribution >= 0.6 is 0 Å². The van der Waals surface area contributed by atoms with Gasteiger partial charge in [0.25, 0.3) is 5.91 Å². The van der Waals surface area contributed by atoms with Crippen molar-refractivity contribution in [3.8, 4) is 11.8 Å². The lowest BCUT2D eigenvalue weighted by molar-refractivity contribution is 0.102. The summed E-state index contributed by atoms with van der Waals surface area (Å²) in [6, 6.07) is 10.7. The second-order valence-electron chi connectivity index (χ2n) is 4.18. The molecular weight excluding hydrogens is 250 g/mol. The van der Waals surface area contributed by atoms with E-state index in [1.54, 1.807) is 30.5 Å². The summed E-state index contributed by atoms with van der Waals surface area (Å²) in [5.41, 5.74) is 8.14. The summed E-state index contributed by atoms with van der Waals surface area (Å²) >= 11 is 0. The van der Waals surface area contributed by atoms with E-state index in [9.17, 15) is 4.79 Å². The Balaban J connectivity index is 2.19. The average molecular weight is 265 g/mol. The number of carbonyl (C=O) groups excluding carboxylic acids is 1. The number of aryl methyl sites for hydroxylation is 1. The van der Waals surface area contributed by atoms with Crippen LogP contribution in [0.25, 0.3) is 0 Å². The molecule has 1 aromatic carbocycles. The number of aromatic nitrogens is 1. The highest BCUT2D eigenvalue weighted by Gasteiger charge is 2.07. The number of pyridine rings is 1. The Morgan fingerprint density at radius 1 is 1.35 bits per heavy atom. The van der Waals surface area contributed by atoms with Crippen molar-refractivity contribution in [1.29, 1.82) is 0 Å². The molecule has 0 radical (unpaired) electrons. The third kappa shape index (κ3) is 3.44. The van der Waals surface area contributed by atoms with Gasteiger partial charge >= 0.3 is 0 Å². The number of benzene rings is 1. The molecule has 0 saturated carbocycles. The number of hydrogen-bond donors (Lipinski definition) is 2. The van der Waals surface area contributed by atoms with Crippen LogP contribution in [-0.2, 0) is 0 Å². The molecule has 0 fully saturated rings. The minimum Gasteiger partial charge on any atom is -0.320 e. The second-order valence-corrected chi connectivity index (χ2v) is 4.18. The standard InChI is InChI=1S/C16H15N3O/c1-12-15(8-4-10-18-12)19-16(20)14-7-2-5-13(11-14)6-3-9-17/h2,4-5,7-8,10-11H,9,17H2,1H3,(H,19,20). The molecular formula is C16H15N3O. The molecule has 0 aliphatic rings. The Morgan fingerprint density at radius 3 is 2.95 bits per heavy atom. The molecule has 3 N–H and O–H groups in total. The predicted octanol–water partition coefficient (Wildman–Crippen LogP) is 1.95. The highest BCUT2D eigenvalue weighted by Crippen LogP contribution is 2.13. The van der Waals surface area contributed by atoms with Crippen LogP contribution in [0.3, 0.4) is 0 Å². The molecule has 4 nitrogen and oxygen atoms in total. The summed E-state index contributed by atoms with van der Waals surface area (Å²) in [5, 5.41) is 2.84. The fourth-order valence-electron chi connectivity index (χ4n) is 1.70. The van der Waals surface area contributed by atoms with E-state index in [1.807, 2.05) is 19.1 Å². The molecule has 0 bridgehead atoms. The second kappa shape index (κ2) is 6.50. The van der Waals surface area contributed by atoms with Crippen molar-refractivity contribution in [3.05, 3.63) is 59.4 Å². The zero-order valence-corrected chi connectivity index (χ0v) is 11.2. The quantitative estimate of drug-likeness (QED) is 0.815. The minimum absolute atomic E-state index is 0.183. The van der Waals surface area contributed by atoms with Crippen molar-refractivity contribution >= 4 is 11.6 Å². The number of amides is 1. The maximum absolute atomic E-state index is 12.2. The van der Waals surface area contributed by atoms with Gasteiger partial charge in [0.1, 0.15) is 0 Å². The van der Waals surface area contributed by atoms with E-state index in [0.29, 0.717) is 17.8 Å². The predicted molar refractivity (Wildman–Crippen MR) is 79.3 cm³/mol. The number of anilines is 1. The van der Waals surface area contributed by atoms with Gasteiger partial charge in [-0.05, 0) is 37.3 Å². The SMILES string of the molecule is Cc1ncccc1NC(=O)c1cccc(C#CCN)c1. The molecule has 0 spiro atoms. The normalized spacial score (nSPS) is 9.50. The maximum atomic E-state index is 12.2. The molecule has 4 heteroatoms. The van der Waals surface area contributed by atoms with Gasteiger partial charge in [-0.1, -0.05) is 17.9 Å². The molecule has 0 aliphatic heterocycles. The van der Waals surface area contributed by atoms with E-state index in [1.165, 1.54) is 0 Å². The lowest BCUT2D eigenvalue weighted by Crippen LogP contribution is -2.13. The van der Waals surface area contributed by atoms with E-state index >= 15 is 0 Å². The van der Waals surface area contributed by atoms with Crippen LogP contribution in [-0.4, -0.2) is 17.4 Å². The van der Waals surface area contributed by atoms with Crippen molar-refractivity contribution in [2.75, 3.05) is 11.9 Å². The molecule has 1 amide bonds. The largest absolute Gasteiger partial charge is 0.320 e. The number of nitrogens with two attached hydrogens (primary N) is 1. The van der Waals surface area contributed by atoms with E-state index in [0.717, 1.165) is 11.3 Å². The summed E-state index contributed by atoms with van der Waals surface area (Å²) in [4.78, 5) is 16.3. The van der Waals surface area contributed by atoms with Crippen molar-refractivity contribution in [2.45, 2.75) is 6.92 Å². The lowest BCUT2D eigenvalue weighted by Gasteiger charge is -2.07. The minimum atomic E-state index is -0.183. The van der Waals surface area contributed by atoms with E-state index in [2.05, 4.69) is 22.1 Å². The summed E-state index contributed by atoms with van der Waals surface area (Å²) < 4.78 is 0. The van der Waals surface area contributed by atoms with Crippen LogP contribution in [0.2, 0.25) is 0 Å². The van der Waals surface area contributed by atoms with Crippen molar-refractivity contribution < 1.29 is 4.79 Å². The van der Waals surface area contributed by atoms with Crippen LogP contribution in [0.15, 0.2) is 42.6 Å². The highest BCUT2D eigenvalue weighted by molar-refractivity contribution is 6.04. The highest BCUT2D eigenvalue weighted by atomic mass is 16.1. The zero-order chi connectivity index (χ0) is 14.4. The zero-order valence-electron chi connectivity index (χ0n) is 11.2. The summed E-state index contributed by atoms with van der Waals surface area (Å²) in [6.07, 6.45) is 1.69. The fraction of sp³-hybridized carbons (Fsp3) is 0.125. The van der Waals surface area contributed by atoms with Crippen molar-refractivity contribution in [1.82, 2.24) is 4.98 Å². The van der Waals surface area contributed by atoms with Gasteiger partial charge in [0, 0.05) is 17.3 Å². The van der Waals surface area contributed by atoms with Gasteiger partial charge in [-0.3, -0.25) is 9.78 Å². The lowest BCUT2D eigenvalue weighted by atomic mass is 10.1. The monoisotopic (exact) mass is 265 g/mol. The molecule has 1 aromatic heterocycles. The first-order valence-electron chi connectivity index (χ1n) is 6.22. The Labute approximate surface area is 118 Å². The number of nitrogens with zero attached hydrogens (tertiary/aromatic N) is 1. The van der Waals surface area contributed by atoms with Crippen LogP contribution in [0.1, 0.15) is 21.6 Å². The summed E-state index contributed by atoms with van der Waals surface area (Å²) in [7, 11) is 0. The van der Waals surface area contributed by atoms with Gasteiger partial charge in [0.15, 0.2) is 0 Å². The van der Waals surface area contributed by atoms with Gasteiger partial charge in [0.2, 0.25) is 0 Å². The number of carbonyl (C=O) groups is 1.